The summed E-state index contributed by atoms with van der Waals surface area (Å²) in [5.41, 5.74) is 5.39. The van der Waals surface area contributed by atoms with Gasteiger partial charge < -0.3 is 14.9 Å². The molecule has 13 heteroatoms. The van der Waals surface area contributed by atoms with Crippen LogP contribution in [0.15, 0.2) is 36.7 Å². The number of anilines is 1. The molecule has 11 nitrogen and oxygen atoms in total. The van der Waals surface area contributed by atoms with Gasteiger partial charge in [-0.15, -0.1) is 0 Å². The predicted octanol–water partition coefficient (Wildman–Crippen LogP) is 2.50. The van der Waals surface area contributed by atoms with Gasteiger partial charge in [-0.1, -0.05) is 0 Å². The lowest BCUT2D eigenvalue weighted by atomic mass is 9.96. The molecule has 1 aromatic carbocycles. The van der Waals surface area contributed by atoms with Crippen molar-refractivity contribution < 1.29 is 28.3 Å². The van der Waals surface area contributed by atoms with Gasteiger partial charge >= 0.3 is 6.09 Å². The van der Waals surface area contributed by atoms with Gasteiger partial charge in [0, 0.05) is 37.3 Å². The number of rotatable bonds is 4. The first-order chi connectivity index (χ1) is 17.8. The third kappa shape index (κ3) is 4.88. The summed E-state index contributed by atoms with van der Waals surface area (Å²) in [5.74, 6) is -1.96. The van der Waals surface area contributed by atoms with Crippen LogP contribution in [0.5, 0.6) is 0 Å². The number of halogens is 2. The van der Waals surface area contributed by atoms with Crippen LogP contribution in [0.3, 0.4) is 0 Å². The molecule has 5 rings (SSSR count). The van der Waals surface area contributed by atoms with Crippen LogP contribution in [0.2, 0.25) is 0 Å². The zero-order valence-corrected chi connectivity index (χ0v) is 19.7. The fraction of sp³-hybridized carbons (Fsp3) is 0.375. The van der Waals surface area contributed by atoms with Gasteiger partial charge in [-0.3, -0.25) is 20.4 Å². The summed E-state index contributed by atoms with van der Waals surface area (Å²) in [7, 11) is 0. The van der Waals surface area contributed by atoms with Crippen LogP contribution in [-0.4, -0.2) is 62.1 Å². The number of carbonyl (C=O) groups is 3. The van der Waals surface area contributed by atoms with Crippen LogP contribution in [0.4, 0.5) is 19.4 Å². The second-order valence-corrected chi connectivity index (χ2v) is 9.12. The Kier molecular flexibility index (Phi) is 6.59. The highest BCUT2D eigenvalue weighted by atomic mass is 19.1. The molecule has 194 valence electrons. The molecule has 0 spiro atoms. The molecule has 2 aromatic heterocycles. The van der Waals surface area contributed by atoms with Crippen LogP contribution in [0, 0.1) is 17.6 Å². The van der Waals surface area contributed by atoms with Crippen LogP contribution in [0.25, 0.3) is 5.65 Å². The summed E-state index contributed by atoms with van der Waals surface area (Å²) in [6.45, 7) is 1.08. The SMILES string of the molecule is O=C(NNC(=O)C1CCN(C(=O)O)CC1)c1cnn2ccc(N3CCCC3c3cc(F)ccc3F)nc12. The third-order valence-corrected chi connectivity index (χ3v) is 6.90. The number of carbonyl (C=O) groups excluding carboxylic acids is 2. The maximum Gasteiger partial charge on any atom is 0.407 e. The van der Waals surface area contributed by atoms with Crippen LogP contribution in [-0.2, 0) is 4.79 Å². The van der Waals surface area contributed by atoms with Crippen molar-refractivity contribution in [3.63, 3.8) is 0 Å². The molecule has 0 radical (unpaired) electrons. The van der Waals surface area contributed by atoms with Gasteiger partial charge in [-0.05, 0) is 49.9 Å². The molecular formula is C24H25F2N7O4. The molecule has 4 heterocycles. The first-order valence-corrected chi connectivity index (χ1v) is 12.0. The van der Waals surface area contributed by atoms with Crippen molar-refractivity contribution in [1.29, 1.82) is 0 Å². The molecule has 3 aromatic rings. The summed E-state index contributed by atoms with van der Waals surface area (Å²) in [6, 6.07) is 4.68. The van der Waals surface area contributed by atoms with Gasteiger partial charge in [0.25, 0.3) is 5.91 Å². The number of carboxylic acid groups (broad SMARTS) is 1. The topological polar surface area (TPSA) is 132 Å². The van der Waals surface area contributed by atoms with E-state index >= 15 is 0 Å². The minimum absolute atomic E-state index is 0.121. The molecule has 2 saturated heterocycles. The van der Waals surface area contributed by atoms with E-state index < -0.39 is 41.5 Å². The predicted molar refractivity (Wildman–Crippen MR) is 127 cm³/mol. The van der Waals surface area contributed by atoms with E-state index in [2.05, 4.69) is 20.9 Å². The Hall–Kier alpha value is -4.29. The van der Waals surface area contributed by atoms with Crippen LogP contribution >= 0.6 is 0 Å². The lowest BCUT2D eigenvalue weighted by Crippen LogP contribution is -2.48. The molecule has 3 N–H and O–H groups in total. The van der Waals surface area contributed by atoms with E-state index in [1.54, 1.807) is 12.3 Å². The largest absolute Gasteiger partial charge is 0.465 e. The average Bonchev–Trinajstić information content (AvgIpc) is 3.55. The van der Waals surface area contributed by atoms with E-state index in [0.717, 1.165) is 18.6 Å². The number of hydrazine groups is 1. The highest BCUT2D eigenvalue weighted by molar-refractivity contribution is 6.00. The normalized spacial score (nSPS) is 18.3. The molecule has 1 atom stereocenters. The van der Waals surface area contributed by atoms with E-state index in [1.807, 2.05) is 4.90 Å². The minimum Gasteiger partial charge on any atom is -0.465 e. The number of benzene rings is 1. The molecule has 2 aliphatic rings. The summed E-state index contributed by atoms with van der Waals surface area (Å²) < 4.78 is 29.7. The molecule has 2 aliphatic heterocycles. The second-order valence-electron chi connectivity index (χ2n) is 9.12. The summed E-state index contributed by atoms with van der Waals surface area (Å²) in [6.07, 6.45) is 4.03. The summed E-state index contributed by atoms with van der Waals surface area (Å²) in [4.78, 5) is 44.0. The molecule has 1 unspecified atom stereocenters. The quantitative estimate of drug-likeness (QED) is 0.457. The third-order valence-electron chi connectivity index (χ3n) is 6.90. The van der Waals surface area contributed by atoms with Crippen molar-refractivity contribution >= 4 is 29.4 Å². The Morgan fingerprint density at radius 3 is 2.57 bits per heavy atom. The van der Waals surface area contributed by atoms with Gasteiger partial charge in [0.15, 0.2) is 5.65 Å². The minimum atomic E-state index is -1.02. The number of nitrogens with one attached hydrogen (secondary N) is 2. The number of nitrogens with zero attached hydrogens (tertiary/aromatic N) is 5. The fourth-order valence-corrected chi connectivity index (χ4v) is 4.93. The first kappa shape index (κ1) is 24.4. The lowest BCUT2D eigenvalue weighted by Gasteiger charge is -2.29. The molecule has 37 heavy (non-hydrogen) atoms. The maximum atomic E-state index is 14.5. The van der Waals surface area contributed by atoms with Crippen LogP contribution in [0.1, 0.15) is 47.6 Å². The van der Waals surface area contributed by atoms with Crippen molar-refractivity contribution in [2.75, 3.05) is 24.5 Å². The van der Waals surface area contributed by atoms with E-state index in [1.165, 1.54) is 21.7 Å². The Balaban J connectivity index is 1.29. The van der Waals surface area contributed by atoms with Crippen molar-refractivity contribution in [3.05, 3.63) is 59.4 Å². The second kappa shape index (κ2) is 9.99. The number of aromatic nitrogens is 3. The molecular weight excluding hydrogens is 488 g/mol. The lowest BCUT2D eigenvalue weighted by molar-refractivity contribution is -0.127. The van der Waals surface area contributed by atoms with Gasteiger partial charge in [0.05, 0.1) is 12.2 Å². The van der Waals surface area contributed by atoms with Gasteiger partial charge in [0.1, 0.15) is 23.0 Å². The van der Waals surface area contributed by atoms with Gasteiger partial charge in [-0.2, -0.15) is 5.10 Å². The van der Waals surface area contributed by atoms with E-state index in [0.29, 0.717) is 31.6 Å². The zero-order chi connectivity index (χ0) is 26.1. The van der Waals surface area contributed by atoms with Gasteiger partial charge in [-0.25, -0.2) is 23.1 Å². The monoisotopic (exact) mass is 513 g/mol. The number of piperidine rings is 1. The van der Waals surface area contributed by atoms with E-state index in [9.17, 15) is 23.2 Å². The van der Waals surface area contributed by atoms with Gasteiger partial charge in [0.2, 0.25) is 5.91 Å². The number of amides is 3. The molecule has 0 bridgehead atoms. The van der Waals surface area contributed by atoms with Crippen molar-refractivity contribution in [1.82, 2.24) is 30.3 Å². The Morgan fingerprint density at radius 2 is 1.81 bits per heavy atom. The Labute approximate surface area is 210 Å². The Morgan fingerprint density at radius 1 is 1.03 bits per heavy atom. The number of hydrogen-bond acceptors (Lipinski definition) is 6. The van der Waals surface area contributed by atoms with Crippen molar-refractivity contribution in [2.45, 2.75) is 31.7 Å². The molecule has 0 aliphatic carbocycles. The van der Waals surface area contributed by atoms with E-state index in [4.69, 9.17) is 5.11 Å². The summed E-state index contributed by atoms with van der Waals surface area (Å²) >= 11 is 0. The zero-order valence-electron chi connectivity index (χ0n) is 19.7. The highest BCUT2D eigenvalue weighted by Crippen LogP contribution is 2.36. The highest BCUT2D eigenvalue weighted by Gasteiger charge is 2.31. The van der Waals surface area contributed by atoms with Crippen molar-refractivity contribution in [3.8, 4) is 0 Å². The smallest absolute Gasteiger partial charge is 0.407 e. The number of likely N-dealkylation sites (tertiary alicyclic amines) is 1. The fourth-order valence-electron chi connectivity index (χ4n) is 4.93. The number of fused-ring (bicyclic) bond motifs is 1. The first-order valence-electron chi connectivity index (χ1n) is 12.0. The van der Waals surface area contributed by atoms with Crippen LogP contribution < -0.4 is 15.8 Å². The molecule has 3 amide bonds. The average molecular weight is 514 g/mol. The maximum absolute atomic E-state index is 14.5. The molecule has 0 saturated carbocycles. The molecule has 2 fully saturated rings. The summed E-state index contributed by atoms with van der Waals surface area (Å²) in [5, 5.41) is 13.2. The van der Waals surface area contributed by atoms with E-state index in [-0.39, 0.29) is 29.9 Å². The Bertz CT molecular complexity index is 1360. The number of hydrogen-bond donors (Lipinski definition) is 3. The van der Waals surface area contributed by atoms with Crippen molar-refractivity contribution in [2.24, 2.45) is 5.92 Å². The standard InChI is InChI=1S/C24H25F2N7O4/c25-15-3-4-18(26)16(12-15)19-2-1-8-32(19)20-7-11-33-21(28-20)17(13-27-33)23(35)30-29-22(34)14-5-9-31(10-6-14)24(36)37/h3-4,7,11-14,19H,1-2,5-6,8-10H2,(H,29,34)(H,30,35)(H,36,37).